The molecule has 2 aromatic carbocycles. The molecular weight excluding hydrogens is 372 g/mol. The maximum atomic E-state index is 13.5. The highest BCUT2D eigenvalue weighted by Crippen LogP contribution is 2.32. The second kappa shape index (κ2) is 7.82. The lowest BCUT2D eigenvalue weighted by molar-refractivity contribution is 0.360. The standard InChI is InChI=1S/C19H23F2N3O2S/c1-22-18-12-14(24-9-3-8-23(2)10-11-24)4-7-19(18)27(25,26)15-5-6-16(20)17(21)13-15/h4-7,12-13,22H,3,8-11H2,1-2H3. The summed E-state index contributed by atoms with van der Waals surface area (Å²) < 4.78 is 52.5. The first-order chi connectivity index (χ1) is 12.8. The minimum absolute atomic E-state index is 0.0340. The van der Waals surface area contributed by atoms with Crippen LogP contribution in [0.4, 0.5) is 20.2 Å². The Balaban J connectivity index is 1.97. The highest BCUT2D eigenvalue weighted by molar-refractivity contribution is 7.91. The summed E-state index contributed by atoms with van der Waals surface area (Å²) in [5, 5.41) is 2.92. The first-order valence-corrected chi connectivity index (χ1v) is 10.3. The molecule has 0 atom stereocenters. The largest absolute Gasteiger partial charge is 0.387 e. The van der Waals surface area contributed by atoms with Gasteiger partial charge in [0.2, 0.25) is 9.84 Å². The average Bonchev–Trinajstić information content (AvgIpc) is 2.87. The van der Waals surface area contributed by atoms with Crippen LogP contribution >= 0.6 is 0 Å². The van der Waals surface area contributed by atoms with Crippen LogP contribution in [-0.2, 0) is 9.84 Å². The van der Waals surface area contributed by atoms with Crippen molar-refractivity contribution in [2.24, 2.45) is 0 Å². The predicted octanol–water partition coefficient (Wildman–Crippen LogP) is 2.98. The zero-order valence-corrected chi connectivity index (χ0v) is 16.2. The van der Waals surface area contributed by atoms with Crippen LogP contribution in [0.5, 0.6) is 0 Å². The van der Waals surface area contributed by atoms with Gasteiger partial charge < -0.3 is 15.1 Å². The molecule has 1 heterocycles. The molecule has 3 rings (SSSR count). The third-order valence-electron chi connectivity index (χ3n) is 4.81. The third-order valence-corrected chi connectivity index (χ3v) is 6.62. The van der Waals surface area contributed by atoms with Gasteiger partial charge in [-0.05, 0) is 56.4 Å². The monoisotopic (exact) mass is 395 g/mol. The van der Waals surface area contributed by atoms with E-state index in [-0.39, 0.29) is 9.79 Å². The Labute approximate surface area is 158 Å². The lowest BCUT2D eigenvalue weighted by Gasteiger charge is -2.24. The summed E-state index contributed by atoms with van der Waals surface area (Å²) in [6, 6.07) is 7.68. The van der Waals surface area contributed by atoms with Gasteiger partial charge in [0.15, 0.2) is 11.6 Å². The molecule has 5 nitrogen and oxygen atoms in total. The molecule has 0 saturated carbocycles. The first kappa shape index (κ1) is 19.6. The van der Waals surface area contributed by atoms with E-state index < -0.39 is 21.5 Å². The van der Waals surface area contributed by atoms with Crippen LogP contribution < -0.4 is 10.2 Å². The molecule has 0 radical (unpaired) electrons. The lowest BCUT2D eigenvalue weighted by atomic mass is 10.2. The summed E-state index contributed by atoms with van der Waals surface area (Å²) in [6.45, 7) is 3.71. The van der Waals surface area contributed by atoms with E-state index in [0.717, 1.165) is 50.4 Å². The number of anilines is 2. The Morgan fingerprint density at radius 3 is 2.44 bits per heavy atom. The number of rotatable bonds is 4. The fourth-order valence-corrected chi connectivity index (χ4v) is 4.68. The van der Waals surface area contributed by atoms with Crippen molar-refractivity contribution in [2.75, 3.05) is 50.5 Å². The zero-order chi connectivity index (χ0) is 19.6. The summed E-state index contributed by atoms with van der Waals surface area (Å²) in [6.07, 6.45) is 1.03. The normalized spacial score (nSPS) is 16.2. The van der Waals surface area contributed by atoms with E-state index in [4.69, 9.17) is 0 Å². The molecule has 0 amide bonds. The van der Waals surface area contributed by atoms with Gasteiger partial charge in [-0.2, -0.15) is 0 Å². The van der Waals surface area contributed by atoms with E-state index in [9.17, 15) is 17.2 Å². The van der Waals surface area contributed by atoms with Crippen LogP contribution in [0.3, 0.4) is 0 Å². The summed E-state index contributed by atoms with van der Waals surface area (Å²) >= 11 is 0. The number of nitrogens with zero attached hydrogens (tertiary/aromatic N) is 2. The molecule has 1 fully saturated rings. The van der Waals surface area contributed by atoms with Gasteiger partial charge in [0, 0.05) is 32.4 Å². The van der Waals surface area contributed by atoms with E-state index in [2.05, 4.69) is 22.2 Å². The Bertz CT molecular complexity index is 935. The average molecular weight is 395 g/mol. The fraction of sp³-hybridized carbons (Fsp3) is 0.368. The van der Waals surface area contributed by atoms with Crippen molar-refractivity contribution in [2.45, 2.75) is 16.2 Å². The van der Waals surface area contributed by atoms with Crippen molar-refractivity contribution in [1.29, 1.82) is 0 Å². The second-order valence-corrected chi connectivity index (χ2v) is 8.57. The predicted molar refractivity (Wildman–Crippen MR) is 102 cm³/mol. The summed E-state index contributed by atoms with van der Waals surface area (Å²) in [4.78, 5) is 4.24. The van der Waals surface area contributed by atoms with Crippen LogP contribution in [-0.4, -0.2) is 53.6 Å². The Hall–Kier alpha value is -2.19. The minimum Gasteiger partial charge on any atom is -0.387 e. The van der Waals surface area contributed by atoms with Gasteiger partial charge in [0.25, 0.3) is 0 Å². The Morgan fingerprint density at radius 2 is 1.74 bits per heavy atom. The van der Waals surface area contributed by atoms with Crippen molar-refractivity contribution < 1.29 is 17.2 Å². The maximum Gasteiger partial charge on any atom is 0.208 e. The topological polar surface area (TPSA) is 52.6 Å². The molecule has 0 unspecified atom stereocenters. The van der Waals surface area contributed by atoms with Crippen LogP contribution in [0.25, 0.3) is 0 Å². The molecule has 1 N–H and O–H groups in total. The Kier molecular flexibility index (Phi) is 5.67. The number of benzene rings is 2. The summed E-state index contributed by atoms with van der Waals surface area (Å²) in [5.41, 5.74) is 1.36. The second-order valence-electron chi connectivity index (χ2n) is 6.65. The minimum atomic E-state index is -3.98. The number of sulfone groups is 1. The van der Waals surface area contributed by atoms with Gasteiger partial charge >= 0.3 is 0 Å². The number of hydrogen-bond donors (Lipinski definition) is 1. The van der Waals surface area contributed by atoms with Gasteiger partial charge in [-0.15, -0.1) is 0 Å². The smallest absolute Gasteiger partial charge is 0.208 e. The summed E-state index contributed by atoms with van der Waals surface area (Å²) in [7, 11) is -0.259. The van der Waals surface area contributed by atoms with E-state index >= 15 is 0 Å². The molecule has 8 heteroatoms. The van der Waals surface area contributed by atoms with E-state index in [0.29, 0.717) is 11.8 Å². The zero-order valence-electron chi connectivity index (χ0n) is 15.4. The third kappa shape index (κ3) is 4.06. The SMILES string of the molecule is CNc1cc(N2CCCN(C)CC2)ccc1S(=O)(=O)c1ccc(F)c(F)c1. The van der Waals surface area contributed by atoms with E-state index in [1.54, 1.807) is 19.2 Å². The first-order valence-electron chi connectivity index (χ1n) is 8.78. The van der Waals surface area contributed by atoms with Gasteiger partial charge in [0.05, 0.1) is 15.5 Å². The lowest BCUT2D eigenvalue weighted by Crippen LogP contribution is -2.28. The molecule has 1 aliphatic rings. The molecule has 2 aromatic rings. The van der Waals surface area contributed by atoms with Crippen molar-refractivity contribution in [3.05, 3.63) is 48.0 Å². The van der Waals surface area contributed by atoms with Crippen molar-refractivity contribution >= 4 is 21.2 Å². The maximum absolute atomic E-state index is 13.5. The quantitative estimate of drug-likeness (QED) is 0.807. The molecule has 0 aromatic heterocycles. The number of likely N-dealkylation sites (N-methyl/N-ethyl adjacent to an activating group) is 1. The van der Waals surface area contributed by atoms with Gasteiger partial charge in [-0.3, -0.25) is 0 Å². The van der Waals surface area contributed by atoms with Gasteiger partial charge in [0.1, 0.15) is 0 Å². The molecule has 146 valence electrons. The highest BCUT2D eigenvalue weighted by Gasteiger charge is 2.24. The summed E-state index contributed by atoms with van der Waals surface area (Å²) in [5.74, 6) is -2.27. The number of nitrogens with one attached hydrogen (secondary N) is 1. The van der Waals surface area contributed by atoms with Crippen LogP contribution in [0.1, 0.15) is 6.42 Å². The number of hydrogen-bond acceptors (Lipinski definition) is 5. The highest BCUT2D eigenvalue weighted by atomic mass is 32.2. The molecule has 0 bridgehead atoms. The van der Waals surface area contributed by atoms with E-state index in [1.165, 1.54) is 6.07 Å². The number of halogens is 2. The fourth-order valence-electron chi connectivity index (χ4n) is 3.22. The Morgan fingerprint density at radius 1 is 0.963 bits per heavy atom. The molecule has 1 saturated heterocycles. The van der Waals surface area contributed by atoms with Gasteiger partial charge in [-0.25, -0.2) is 17.2 Å². The van der Waals surface area contributed by atoms with Crippen LogP contribution in [0.2, 0.25) is 0 Å². The molecule has 0 spiro atoms. The van der Waals surface area contributed by atoms with E-state index in [1.807, 2.05) is 0 Å². The van der Waals surface area contributed by atoms with Crippen LogP contribution in [0.15, 0.2) is 46.2 Å². The van der Waals surface area contributed by atoms with Crippen LogP contribution in [0, 0.1) is 11.6 Å². The van der Waals surface area contributed by atoms with Gasteiger partial charge in [-0.1, -0.05) is 0 Å². The molecule has 0 aliphatic carbocycles. The van der Waals surface area contributed by atoms with Crippen molar-refractivity contribution in [1.82, 2.24) is 4.90 Å². The molecular formula is C19H23F2N3O2S. The van der Waals surface area contributed by atoms with Crippen molar-refractivity contribution in [3.8, 4) is 0 Å². The molecule has 1 aliphatic heterocycles. The molecule has 27 heavy (non-hydrogen) atoms. The van der Waals surface area contributed by atoms with Crippen molar-refractivity contribution in [3.63, 3.8) is 0 Å².